The molecule has 0 bridgehead atoms. The van der Waals surface area contributed by atoms with E-state index in [0.717, 1.165) is 6.34 Å². The number of hydrogen-bond acceptors (Lipinski definition) is 6. The van der Waals surface area contributed by atoms with Gasteiger partial charge in [-0.15, -0.1) is 0 Å². The van der Waals surface area contributed by atoms with Crippen molar-refractivity contribution in [2.24, 2.45) is 15.7 Å². The van der Waals surface area contributed by atoms with Crippen LogP contribution in [-0.2, 0) is 0 Å². The van der Waals surface area contributed by atoms with Crippen molar-refractivity contribution >= 4 is 24.1 Å². The van der Waals surface area contributed by atoms with Crippen molar-refractivity contribution in [2.75, 3.05) is 13.2 Å². The summed E-state index contributed by atoms with van der Waals surface area (Å²) in [5, 5.41) is 23.0. The maximum absolute atomic E-state index is 11.5. The van der Waals surface area contributed by atoms with E-state index < -0.39 is 9.85 Å². The monoisotopic (exact) mass is 433 g/mol. The maximum atomic E-state index is 11.5. The second kappa shape index (κ2) is 10.4. The van der Waals surface area contributed by atoms with E-state index in [9.17, 15) is 20.2 Å². The van der Waals surface area contributed by atoms with Crippen molar-refractivity contribution in [2.45, 2.75) is 0 Å². The number of nitrogens with zero attached hydrogens (tertiary/aromatic N) is 4. The molecule has 0 aromatic heterocycles. The number of aliphatic imine (C=N–C) groups is 2. The first-order valence-electron chi connectivity index (χ1n) is 9.49. The summed E-state index contributed by atoms with van der Waals surface area (Å²) < 4.78 is 5.88. The molecule has 162 valence electrons. The van der Waals surface area contributed by atoms with Crippen molar-refractivity contribution in [3.63, 3.8) is 0 Å². The lowest BCUT2D eigenvalue weighted by atomic mass is 9.97. The molecule has 0 aliphatic rings. The van der Waals surface area contributed by atoms with E-state index >= 15 is 0 Å². The molecule has 0 fully saturated rings. The average Bonchev–Trinajstić information content (AvgIpc) is 2.81. The fraction of sp³-hybridized carbons (Fsp3) is 0.0909. The van der Waals surface area contributed by atoms with Gasteiger partial charge >= 0.3 is 0 Å². The van der Waals surface area contributed by atoms with E-state index in [1.165, 1.54) is 18.5 Å². The van der Waals surface area contributed by atoms with Gasteiger partial charge < -0.3 is 10.5 Å². The van der Waals surface area contributed by atoms with Gasteiger partial charge in [-0.25, -0.2) is 4.99 Å². The summed E-state index contributed by atoms with van der Waals surface area (Å²) in [6.07, 6.45) is 2.39. The molecule has 32 heavy (non-hydrogen) atoms. The van der Waals surface area contributed by atoms with Crippen LogP contribution in [0.3, 0.4) is 0 Å². The van der Waals surface area contributed by atoms with Crippen molar-refractivity contribution in [1.29, 1.82) is 0 Å². The van der Waals surface area contributed by atoms with E-state index in [1.807, 2.05) is 0 Å². The lowest BCUT2D eigenvalue weighted by molar-refractivity contribution is -0.384. The Bertz CT molecular complexity index is 1190. The van der Waals surface area contributed by atoms with E-state index in [4.69, 9.17) is 10.5 Å². The molecule has 0 aliphatic carbocycles. The zero-order valence-corrected chi connectivity index (χ0v) is 16.8. The molecule has 3 rings (SSSR count). The summed E-state index contributed by atoms with van der Waals surface area (Å²) in [6, 6.07) is 17.6. The second-order valence-corrected chi connectivity index (χ2v) is 6.43. The van der Waals surface area contributed by atoms with Crippen LogP contribution < -0.4 is 10.5 Å². The average molecular weight is 433 g/mol. The SMILES string of the molecule is NC=NC=NCCOc1cc(-c2ccccc2[N+](=O)[O-])ccc1-c1ccccc1[N+](=O)[O-]. The van der Waals surface area contributed by atoms with E-state index in [1.54, 1.807) is 54.6 Å². The highest BCUT2D eigenvalue weighted by atomic mass is 16.6. The van der Waals surface area contributed by atoms with Crippen molar-refractivity contribution in [3.05, 3.63) is 87.0 Å². The molecule has 0 radical (unpaired) electrons. The zero-order chi connectivity index (χ0) is 22.9. The fourth-order valence-corrected chi connectivity index (χ4v) is 3.12. The fourth-order valence-electron chi connectivity index (χ4n) is 3.12. The molecule has 10 nitrogen and oxygen atoms in total. The number of nitrogens with two attached hydrogens (primary N) is 1. The van der Waals surface area contributed by atoms with Crippen molar-refractivity contribution in [1.82, 2.24) is 0 Å². The molecular formula is C22H19N5O5. The summed E-state index contributed by atoms with van der Waals surface area (Å²) in [7, 11) is 0. The Hall–Kier alpha value is -4.60. The summed E-state index contributed by atoms with van der Waals surface area (Å²) in [4.78, 5) is 29.7. The number of hydrogen-bond donors (Lipinski definition) is 1. The minimum atomic E-state index is -0.468. The van der Waals surface area contributed by atoms with Gasteiger partial charge in [0, 0.05) is 17.7 Å². The Labute approximate surface area is 183 Å². The summed E-state index contributed by atoms with van der Waals surface area (Å²) >= 11 is 0. The zero-order valence-electron chi connectivity index (χ0n) is 16.8. The topological polar surface area (TPSA) is 146 Å². The van der Waals surface area contributed by atoms with Gasteiger partial charge in [-0.2, -0.15) is 0 Å². The lowest BCUT2D eigenvalue weighted by Crippen LogP contribution is -2.03. The number of para-hydroxylation sites is 2. The van der Waals surface area contributed by atoms with Crippen LogP contribution in [0.2, 0.25) is 0 Å². The quantitative estimate of drug-likeness (QED) is 0.176. The van der Waals surface area contributed by atoms with Gasteiger partial charge in [0.15, 0.2) is 0 Å². The van der Waals surface area contributed by atoms with Gasteiger partial charge in [0.1, 0.15) is 18.7 Å². The Morgan fingerprint density at radius 2 is 1.50 bits per heavy atom. The highest BCUT2D eigenvalue weighted by Gasteiger charge is 2.20. The molecule has 3 aromatic carbocycles. The molecule has 0 amide bonds. The summed E-state index contributed by atoms with van der Waals surface area (Å²) in [5.74, 6) is 0.340. The van der Waals surface area contributed by atoms with E-state index in [2.05, 4.69) is 9.98 Å². The minimum absolute atomic E-state index is 0.0545. The predicted octanol–water partition coefficient (Wildman–Crippen LogP) is 4.23. The summed E-state index contributed by atoms with van der Waals surface area (Å²) in [6.45, 7) is 0.425. The number of rotatable bonds is 9. The van der Waals surface area contributed by atoms with Crippen LogP contribution in [0.15, 0.2) is 76.7 Å². The first-order chi connectivity index (χ1) is 15.5. The Morgan fingerprint density at radius 3 is 2.16 bits per heavy atom. The molecule has 10 heteroatoms. The molecule has 3 aromatic rings. The first kappa shape index (κ1) is 22.1. The van der Waals surface area contributed by atoms with Crippen LogP contribution >= 0.6 is 0 Å². The van der Waals surface area contributed by atoms with Gasteiger partial charge in [0.25, 0.3) is 11.4 Å². The maximum Gasteiger partial charge on any atom is 0.277 e. The first-order valence-corrected chi connectivity index (χ1v) is 9.49. The number of nitro benzene ring substituents is 2. The van der Waals surface area contributed by atoms with E-state index in [-0.39, 0.29) is 24.5 Å². The number of benzene rings is 3. The molecular weight excluding hydrogens is 414 g/mol. The van der Waals surface area contributed by atoms with Crippen molar-refractivity contribution in [3.8, 4) is 28.0 Å². The molecule has 0 unspecified atom stereocenters. The predicted molar refractivity (Wildman–Crippen MR) is 122 cm³/mol. The molecule has 0 saturated carbocycles. The third-order valence-corrected chi connectivity index (χ3v) is 4.50. The van der Waals surface area contributed by atoms with Crippen LogP contribution in [-0.4, -0.2) is 35.7 Å². The van der Waals surface area contributed by atoms with Crippen LogP contribution in [0.25, 0.3) is 22.3 Å². The molecule has 0 saturated heterocycles. The second-order valence-electron chi connectivity index (χ2n) is 6.43. The van der Waals surface area contributed by atoms with Gasteiger partial charge in [0.05, 0.1) is 33.9 Å². The molecule has 2 N–H and O–H groups in total. The Kier molecular flexibility index (Phi) is 7.20. The highest BCUT2D eigenvalue weighted by Crippen LogP contribution is 2.40. The lowest BCUT2D eigenvalue weighted by Gasteiger charge is -2.14. The summed E-state index contributed by atoms with van der Waals surface area (Å²) in [5.41, 5.74) is 6.83. The normalized spacial score (nSPS) is 11.1. The smallest absolute Gasteiger partial charge is 0.277 e. The largest absolute Gasteiger partial charge is 0.491 e. The van der Waals surface area contributed by atoms with Gasteiger partial charge in [-0.1, -0.05) is 30.3 Å². The Morgan fingerprint density at radius 1 is 0.875 bits per heavy atom. The molecule has 0 aliphatic heterocycles. The van der Waals surface area contributed by atoms with Crippen LogP contribution in [0.1, 0.15) is 0 Å². The molecule has 0 spiro atoms. The van der Waals surface area contributed by atoms with Crippen LogP contribution in [0.4, 0.5) is 11.4 Å². The Balaban J connectivity index is 2.06. The standard InChI is InChI=1S/C22H19N5O5/c23-14-25-15-24-11-12-32-22-13-16(17-5-1-3-7-20(17)26(28)29)9-10-19(22)18-6-2-4-8-21(18)27(30)31/h1-10,13-15H,11-12H2,(H2,23,24,25). The van der Waals surface area contributed by atoms with Gasteiger partial charge in [0.2, 0.25) is 0 Å². The number of nitro groups is 2. The third-order valence-electron chi connectivity index (χ3n) is 4.50. The third kappa shape index (κ3) is 5.11. The van der Waals surface area contributed by atoms with E-state index in [0.29, 0.717) is 28.0 Å². The number of ether oxygens (including phenoxy) is 1. The molecule has 0 atom stereocenters. The van der Waals surface area contributed by atoms with Gasteiger partial charge in [-0.3, -0.25) is 25.2 Å². The van der Waals surface area contributed by atoms with Crippen LogP contribution in [0.5, 0.6) is 5.75 Å². The van der Waals surface area contributed by atoms with Crippen LogP contribution in [0, 0.1) is 20.2 Å². The van der Waals surface area contributed by atoms with Crippen molar-refractivity contribution < 1.29 is 14.6 Å². The highest BCUT2D eigenvalue weighted by molar-refractivity contribution is 5.83. The minimum Gasteiger partial charge on any atom is -0.491 e. The molecule has 0 heterocycles. The van der Waals surface area contributed by atoms with Gasteiger partial charge in [-0.05, 0) is 29.8 Å².